The van der Waals surface area contributed by atoms with Gasteiger partial charge >= 0.3 is 0 Å². The number of hydrogen-bond acceptors (Lipinski definition) is 4. The molecule has 0 unspecified atom stereocenters. The van der Waals surface area contributed by atoms with Gasteiger partial charge in [0.15, 0.2) is 0 Å². The first-order valence-corrected chi connectivity index (χ1v) is 6.78. The quantitative estimate of drug-likeness (QED) is 0.834. The highest BCUT2D eigenvalue weighted by atomic mass is 32.1. The molecule has 0 aliphatic carbocycles. The number of thiocarbonyl (C=S) groups is 1. The van der Waals surface area contributed by atoms with Crippen LogP contribution in [0.2, 0.25) is 0 Å². The van der Waals surface area contributed by atoms with Crippen LogP contribution in [0.5, 0.6) is 0 Å². The van der Waals surface area contributed by atoms with Gasteiger partial charge in [-0.2, -0.15) is 0 Å². The summed E-state index contributed by atoms with van der Waals surface area (Å²) in [4.78, 5) is 4.05. The number of nitrogens with zero attached hydrogens (tertiary/aromatic N) is 1. The molecule has 1 aromatic carbocycles. The van der Waals surface area contributed by atoms with Gasteiger partial charge in [-0.3, -0.25) is 0 Å². The molecule has 0 amide bonds. The van der Waals surface area contributed by atoms with Crippen molar-refractivity contribution < 1.29 is 8.78 Å². The number of halogens is 2. The highest BCUT2D eigenvalue weighted by molar-refractivity contribution is 7.80. The van der Waals surface area contributed by atoms with Gasteiger partial charge in [-0.15, -0.1) is 11.3 Å². The van der Waals surface area contributed by atoms with Gasteiger partial charge in [-0.25, -0.2) is 13.8 Å². The van der Waals surface area contributed by atoms with Gasteiger partial charge in [-0.05, 0) is 12.1 Å². The molecule has 1 heterocycles. The number of benzene rings is 1. The summed E-state index contributed by atoms with van der Waals surface area (Å²) in [6.45, 7) is 0.397. The highest BCUT2D eigenvalue weighted by Gasteiger charge is 2.12. The minimum atomic E-state index is -0.707. The lowest BCUT2D eigenvalue weighted by Crippen LogP contribution is -2.13. The Labute approximate surface area is 118 Å². The predicted molar refractivity (Wildman–Crippen MR) is 76.6 cm³/mol. The standard InChI is InChI=1S/C12H11F2N3S2/c13-8-5-7(12(15)18)6-9(14)11(8)17-2-1-10-16-3-4-19-10/h3-6,17H,1-2H2,(H2,15,18). The minimum absolute atomic E-state index is 0.0351. The normalized spacial score (nSPS) is 10.4. The minimum Gasteiger partial charge on any atom is -0.389 e. The van der Waals surface area contributed by atoms with Crippen LogP contribution in [-0.4, -0.2) is 16.5 Å². The molecule has 3 nitrogen and oxygen atoms in total. The number of anilines is 1. The molecule has 0 aliphatic heterocycles. The van der Waals surface area contributed by atoms with Crippen molar-refractivity contribution in [1.29, 1.82) is 0 Å². The molecule has 0 saturated heterocycles. The number of aromatic nitrogens is 1. The van der Waals surface area contributed by atoms with E-state index in [1.54, 1.807) is 6.20 Å². The van der Waals surface area contributed by atoms with Crippen molar-refractivity contribution in [3.05, 3.63) is 45.9 Å². The highest BCUT2D eigenvalue weighted by Crippen LogP contribution is 2.21. The van der Waals surface area contributed by atoms with Gasteiger partial charge in [0.05, 0.1) is 5.01 Å². The molecular weight excluding hydrogens is 288 g/mol. The lowest BCUT2D eigenvalue weighted by molar-refractivity contribution is 0.587. The smallest absolute Gasteiger partial charge is 0.150 e. The summed E-state index contributed by atoms with van der Waals surface area (Å²) in [6.07, 6.45) is 2.30. The van der Waals surface area contributed by atoms with E-state index in [9.17, 15) is 8.78 Å². The van der Waals surface area contributed by atoms with Crippen molar-refractivity contribution in [2.45, 2.75) is 6.42 Å². The maximum Gasteiger partial charge on any atom is 0.150 e. The second kappa shape index (κ2) is 6.03. The maximum absolute atomic E-state index is 13.7. The summed E-state index contributed by atoms with van der Waals surface area (Å²) in [5.41, 5.74) is 5.34. The van der Waals surface area contributed by atoms with E-state index in [0.29, 0.717) is 13.0 Å². The topological polar surface area (TPSA) is 50.9 Å². The van der Waals surface area contributed by atoms with Crippen LogP contribution in [0.1, 0.15) is 10.6 Å². The molecule has 3 N–H and O–H groups in total. The van der Waals surface area contributed by atoms with E-state index < -0.39 is 11.6 Å². The second-order valence-corrected chi connectivity index (χ2v) is 5.20. The van der Waals surface area contributed by atoms with Crippen molar-refractivity contribution in [3.63, 3.8) is 0 Å². The molecule has 1 aromatic heterocycles. The van der Waals surface area contributed by atoms with Gasteiger partial charge in [0.25, 0.3) is 0 Å². The zero-order valence-electron chi connectivity index (χ0n) is 9.82. The number of rotatable bonds is 5. The third-order valence-electron chi connectivity index (χ3n) is 2.45. The Balaban J connectivity index is 2.06. The van der Waals surface area contributed by atoms with Crippen LogP contribution in [0, 0.1) is 11.6 Å². The largest absolute Gasteiger partial charge is 0.389 e. The summed E-state index contributed by atoms with van der Waals surface area (Å²) in [5.74, 6) is -1.41. The van der Waals surface area contributed by atoms with Crippen LogP contribution in [0.3, 0.4) is 0 Å². The third kappa shape index (κ3) is 3.45. The number of nitrogens with one attached hydrogen (secondary N) is 1. The summed E-state index contributed by atoms with van der Waals surface area (Å²) in [5, 5.41) is 5.48. The van der Waals surface area contributed by atoms with E-state index >= 15 is 0 Å². The van der Waals surface area contributed by atoms with Gasteiger partial charge in [0.1, 0.15) is 22.3 Å². The van der Waals surface area contributed by atoms with Crippen LogP contribution in [0.25, 0.3) is 0 Å². The summed E-state index contributed by atoms with van der Waals surface area (Å²) >= 11 is 6.18. The van der Waals surface area contributed by atoms with Crippen molar-refractivity contribution in [2.75, 3.05) is 11.9 Å². The molecule has 0 spiro atoms. The lowest BCUT2D eigenvalue weighted by Gasteiger charge is -2.09. The lowest BCUT2D eigenvalue weighted by atomic mass is 10.2. The fraction of sp³-hybridized carbons (Fsp3) is 0.167. The van der Waals surface area contributed by atoms with Gasteiger partial charge in [-0.1, -0.05) is 12.2 Å². The van der Waals surface area contributed by atoms with Gasteiger partial charge < -0.3 is 11.1 Å². The third-order valence-corrected chi connectivity index (χ3v) is 3.53. The van der Waals surface area contributed by atoms with Crippen LogP contribution >= 0.6 is 23.6 Å². The molecule has 2 rings (SSSR count). The van der Waals surface area contributed by atoms with E-state index in [-0.39, 0.29) is 16.2 Å². The Morgan fingerprint density at radius 2 is 2.05 bits per heavy atom. The van der Waals surface area contributed by atoms with Crippen LogP contribution in [0.15, 0.2) is 23.7 Å². The van der Waals surface area contributed by atoms with Crippen LogP contribution < -0.4 is 11.1 Å². The number of nitrogens with two attached hydrogens (primary N) is 1. The van der Waals surface area contributed by atoms with E-state index in [2.05, 4.69) is 22.5 Å². The summed E-state index contributed by atoms with van der Waals surface area (Å²) in [7, 11) is 0. The first-order chi connectivity index (χ1) is 9.08. The van der Waals surface area contributed by atoms with Crippen LogP contribution in [-0.2, 0) is 6.42 Å². The molecule has 0 atom stereocenters. The Hall–Kier alpha value is -1.60. The fourth-order valence-corrected chi connectivity index (χ4v) is 2.29. The monoisotopic (exact) mass is 299 g/mol. The molecule has 0 bridgehead atoms. The molecular formula is C12H11F2N3S2. The van der Waals surface area contributed by atoms with Gasteiger partial charge in [0, 0.05) is 30.1 Å². The number of thiazole rings is 1. The zero-order valence-corrected chi connectivity index (χ0v) is 11.5. The average molecular weight is 299 g/mol. The molecule has 2 aromatic rings. The maximum atomic E-state index is 13.7. The van der Waals surface area contributed by atoms with Gasteiger partial charge in [0.2, 0.25) is 0 Å². The Bertz CT molecular complexity index is 562. The summed E-state index contributed by atoms with van der Waals surface area (Å²) < 4.78 is 27.4. The van der Waals surface area contributed by atoms with Crippen molar-refractivity contribution in [3.8, 4) is 0 Å². The molecule has 0 aliphatic rings. The Morgan fingerprint density at radius 1 is 1.37 bits per heavy atom. The SMILES string of the molecule is NC(=S)c1cc(F)c(NCCc2nccs2)c(F)c1. The van der Waals surface area contributed by atoms with Crippen LogP contribution in [0.4, 0.5) is 14.5 Å². The average Bonchev–Trinajstić information content (AvgIpc) is 2.85. The molecule has 100 valence electrons. The zero-order chi connectivity index (χ0) is 13.8. The van der Waals surface area contributed by atoms with E-state index in [1.165, 1.54) is 11.3 Å². The Kier molecular flexibility index (Phi) is 4.39. The first kappa shape index (κ1) is 13.8. The fourth-order valence-electron chi connectivity index (χ4n) is 1.56. The second-order valence-electron chi connectivity index (χ2n) is 3.78. The molecule has 0 radical (unpaired) electrons. The summed E-state index contributed by atoms with van der Waals surface area (Å²) in [6, 6.07) is 2.24. The van der Waals surface area contributed by atoms with E-state index in [0.717, 1.165) is 17.1 Å². The van der Waals surface area contributed by atoms with E-state index in [4.69, 9.17) is 5.73 Å². The molecule has 0 fully saturated rings. The molecule has 0 saturated carbocycles. The van der Waals surface area contributed by atoms with E-state index in [1.807, 2.05) is 5.38 Å². The van der Waals surface area contributed by atoms with Crippen molar-refractivity contribution in [1.82, 2.24) is 4.98 Å². The molecule has 19 heavy (non-hydrogen) atoms. The molecule has 7 heteroatoms. The van der Waals surface area contributed by atoms with Crippen molar-refractivity contribution in [2.24, 2.45) is 5.73 Å². The number of hydrogen-bond donors (Lipinski definition) is 2. The van der Waals surface area contributed by atoms with Crippen molar-refractivity contribution >= 4 is 34.2 Å². The Morgan fingerprint density at radius 3 is 2.58 bits per heavy atom. The first-order valence-electron chi connectivity index (χ1n) is 5.49. The predicted octanol–water partition coefficient (Wildman–Crippen LogP) is 2.71.